The molecule has 0 saturated carbocycles. The van der Waals surface area contributed by atoms with Crippen molar-refractivity contribution in [3.63, 3.8) is 0 Å². The maximum absolute atomic E-state index is 11.1. The van der Waals surface area contributed by atoms with Crippen molar-refractivity contribution in [1.29, 1.82) is 0 Å². The molecule has 0 unspecified atom stereocenters. The number of rotatable bonds is 3. The van der Waals surface area contributed by atoms with Crippen LogP contribution in [0, 0.1) is 6.92 Å². The van der Waals surface area contributed by atoms with E-state index in [-0.39, 0.29) is 12.3 Å². The Morgan fingerprint density at radius 1 is 1.35 bits per heavy atom. The highest BCUT2D eigenvalue weighted by Crippen LogP contribution is 2.16. The molecular weight excluding hydrogens is 240 g/mol. The number of pyridine rings is 1. The molecule has 7 heteroatoms. The van der Waals surface area contributed by atoms with E-state index < -0.39 is 9.84 Å². The van der Waals surface area contributed by atoms with Crippen LogP contribution in [0.2, 0.25) is 0 Å². The van der Waals surface area contributed by atoms with Gasteiger partial charge in [-0.2, -0.15) is 0 Å². The van der Waals surface area contributed by atoms with Crippen LogP contribution in [0.3, 0.4) is 0 Å². The first-order valence-electron chi connectivity index (χ1n) is 5.14. The quantitative estimate of drug-likeness (QED) is 0.854. The summed E-state index contributed by atoms with van der Waals surface area (Å²) in [5.41, 5.74) is 7.91. The van der Waals surface area contributed by atoms with E-state index >= 15 is 0 Å². The average Bonchev–Trinajstić information content (AvgIpc) is 2.49. The molecule has 0 fully saturated rings. The van der Waals surface area contributed by atoms with Crippen molar-refractivity contribution in [3.8, 4) is 0 Å². The molecule has 2 aromatic heterocycles. The average molecular weight is 254 g/mol. The first-order valence-corrected chi connectivity index (χ1v) is 7.20. The van der Waals surface area contributed by atoms with Crippen molar-refractivity contribution in [2.75, 3.05) is 17.7 Å². The largest absolute Gasteiger partial charge is 0.369 e. The molecule has 0 radical (unpaired) electrons. The molecule has 0 saturated heterocycles. The predicted octanol–water partition coefficient (Wildman–Crippen LogP) is 0.367. The first kappa shape index (κ1) is 11.8. The summed E-state index contributed by atoms with van der Waals surface area (Å²) in [6.45, 7) is 2.14. The van der Waals surface area contributed by atoms with Crippen LogP contribution in [0.15, 0.2) is 12.1 Å². The molecule has 2 rings (SSSR count). The molecule has 0 amide bonds. The van der Waals surface area contributed by atoms with E-state index in [4.69, 9.17) is 5.73 Å². The van der Waals surface area contributed by atoms with Crippen LogP contribution in [-0.4, -0.2) is 35.0 Å². The third-order valence-corrected chi connectivity index (χ3v) is 3.37. The minimum absolute atomic E-state index is 0.0261. The lowest BCUT2D eigenvalue weighted by molar-refractivity contribution is 0.596. The predicted molar refractivity (Wildman–Crippen MR) is 66.4 cm³/mol. The van der Waals surface area contributed by atoms with E-state index in [0.29, 0.717) is 17.1 Å². The van der Waals surface area contributed by atoms with Crippen molar-refractivity contribution < 1.29 is 8.42 Å². The van der Waals surface area contributed by atoms with Crippen molar-refractivity contribution >= 4 is 26.9 Å². The summed E-state index contributed by atoms with van der Waals surface area (Å²) in [4.78, 5) is 8.46. The van der Waals surface area contributed by atoms with Gasteiger partial charge in [0.2, 0.25) is 5.95 Å². The van der Waals surface area contributed by atoms with Gasteiger partial charge in [0.25, 0.3) is 0 Å². The molecule has 0 aliphatic carbocycles. The van der Waals surface area contributed by atoms with Crippen LogP contribution in [0.1, 0.15) is 5.69 Å². The van der Waals surface area contributed by atoms with E-state index in [1.807, 2.05) is 19.1 Å². The number of hydrogen-bond donors (Lipinski definition) is 1. The van der Waals surface area contributed by atoms with Gasteiger partial charge < -0.3 is 5.73 Å². The van der Waals surface area contributed by atoms with E-state index in [1.165, 1.54) is 6.26 Å². The van der Waals surface area contributed by atoms with Gasteiger partial charge >= 0.3 is 0 Å². The number of nitrogen functional groups attached to an aromatic ring is 1. The number of nitrogens with zero attached hydrogens (tertiary/aromatic N) is 3. The molecule has 2 N–H and O–H groups in total. The molecule has 0 bridgehead atoms. The summed E-state index contributed by atoms with van der Waals surface area (Å²) in [5, 5.41) is 0. The summed E-state index contributed by atoms with van der Waals surface area (Å²) >= 11 is 0. The second-order valence-corrected chi connectivity index (χ2v) is 6.31. The molecular formula is C10H14N4O2S. The highest BCUT2D eigenvalue weighted by atomic mass is 32.2. The van der Waals surface area contributed by atoms with Crippen LogP contribution >= 0.6 is 0 Å². The monoisotopic (exact) mass is 254 g/mol. The van der Waals surface area contributed by atoms with Crippen LogP contribution in [0.4, 0.5) is 5.95 Å². The standard InChI is InChI=1S/C10H14N4O2S/c1-7-3-4-8-9(12-7)14(10(11)13-8)5-6-17(2,15)16/h3-4H,5-6H2,1-2H3,(H2,11,13). The van der Waals surface area contributed by atoms with Crippen molar-refractivity contribution in [2.45, 2.75) is 13.5 Å². The highest BCUT2D eigenvalue weighted by Gasteiger charge is 2.11. The number of aryl methyl sites for hydroxylation is 2. The summed E-state index contributed by atoms with van der Waals surface area (Å²) in [7, 11) is -3.03. The maximum atomic E-state index is 11.1. The van der Waals surface area contributed by atoms with Gasteiger partial charge in [0.15, 0.2) is 5.65 Å². The summed E-state index contributed by atoms with van der Waals surface area (Å²) in [6.07, 6.45) is 1.20. The van der Waals surface area contributed by atoms with Gasteiger partial charge in [-0.05, 0) is 19.1 Å². The molecule has 2 heterocycles. The fourth-order valence-electron chi connectivity index (χ4n) is 1.59. The number of anilines is 1. The fourth-order valence-corrected chi connectivity index (χ4v) is 2.11. The van der Waals surface area contributed by atoms with E-state index in [0.717, 1.165) is 5.69 Å². The summed E-state index contributed by atoms with van der Waals surface area (Å²) in [6, 6.07) is 3.67. The summed E-state index contributed by atoms with van der Waals surface area (Å²) in [5.74, 6) is 0.319. The smallest absolute Gasteiger partial charge is 0.202 e. The van der Waals surface area contributed by atoms with Gasteiger partial charge in [0.05, 0.1) is 5.75 Å². The van der Waals surface area contributed by atoms with Crippen molar-refractivity contribution in [2.24, 2.45) is 0 Å². The fraction of sp³-hybridized carbons (Fsp3) is 0.400. The summed E-state index contributed by atoms with van der Waals surface area (Å²) < 4.78 is 23.9. The number of aromatic nitrogens is 3. The second-order valence-electron chi connectivity index (χ2n) is 4.05. The van der Waals surface area contributed by atoms with Crippen LogP contribution < -0.4 is 5.73 Å². The lowest BCUT2D eigenvalue weighted by Gasteiger charge is -2.04. The Balaban J connectivity index is 2.45. The molecule has 0 aliphatic rings. The Hall–Kier alpha value is -1.63. The van der Waals surface area contributed by atoms with Crippen LogP contribution in [-0.2, 0) is 16.4 Å². The first-order chi connectivity index (χ1) is 7.87. The number of hydrogen-bond acceptors (Lipinski definition) is 5. The van der Waals surface area contributed by atoms with Gasteiger partial charge in [-0.15, -0.1) is 0 Å². The van der Waals surface area contributed by atoms with Crippen molar-refractivity contribution in [1.82, 2.24) is 14.5 Å². The molecule has 0 aromatic carbocycles. The Labute approximate surface area is 99.4 Å². The number of fused-ring (bicyclic) bond motifs is 1. The Bertz CT molecular complexity index is 660. The molecule has 17 heavy (non-hydrogen) atoms. The van der Waals surface area contributed by atoms with Gasteiger partial charge in [0, 0.05) is 18.5 Å². The second kappa shape index (κ2) is 3.99. The third kappa shape index (κ3) is 2.55. The zero-order valence-electron chi connectivity index (χ0n) is 9.71. The molecule has 92 valence electrons. The van der Waals surface area contributed by atoms with Crippen molar-refractivity contribution in [3.05, 3.63) is 17.8 Å². The lowest BCUT2D eigenvalue weighted by atomic mass is 10.3. The zero-order chi connectivity index (χ0) is 12.6. The molecule has 0 aliphatic heterocycles. The SMILES string of the molecule is Cc1ccc2nc(N)n(CCS(C)(=O)=O)c2n1. The van der Waals surface area contributed by atoms with Gasteiger partial charge in [-0.3, -0.25) is 4.57 Å². The number of sulfone groups is 1. The topological polar surface area (TPSA) is 90.9 Å². The number of nitrogens with two attached hydrogens (primary N) is 1. The van der Waals surface area contributed by atoms with Crippen LogP contribution in [0.25, 0.3) is 11.2 Å². The minimum Gasteiger partial charge on any atom is -0.369 e. The van der Waals surface area contributed by atoms with Gasteiger partial charge in [-0.25, -0.2) is 18.4 Å². The van der Waals surface area contributed by atoms with E-state index in [1.54, 1.807) is 4.57 Å². The minimum atomic E-state index is -3.03. The van der Waals surface area contributed by atoms with Crippen LogP contribution in [0.5, 0.6) is 0 Å². The van der Waals surface area contributed by atoms with E-state index in [2.05, 4.69) is 9.97 Å². The van der Waals surface area contributed by atoms with Gasteiger partial charge in [0.1, 0.15) is 15.4 Å². The Kier molecular flexibility index (Phi) is 2.78. The molecule has 6 nitrogen and oxygen atoms in total. The Morgan fingerprint density at radius 3 is 2.71 bits per heavy atom. The third-order valence-electron chi connectivity index (χ3n) is 2.45. The lowest BCUT2D eigenvalue weighted by Crippen LogP contribution is -2.13. The van der Waals surface area contributed by atoms with E-state index in [9.17, 15) is 8.42 Å². The normalized spacial score (nSPS) is 12.1. The molecule has 2 aromatic rings. The maximum Gasteiger partial charge on any atom is 0.202 e. The molecule has 0 spiro atoms. The zero-order valence-corrected chi connectivity index (χ0v) is 10.5. The highest BCUT2D eigenvalue weighted by molar-refractivity contribution is 7.90. The molecule has 0 atom stereocenters. The number of imidazole rings is 1. The Morgan fingerprint density at radius 2 is 2.06 bits per heavy atom. The van der Waals surface area contributed by atoms with Gasteiger partial charge in [-0.1, -0.05) is 0 Å².